The number of aliphatic hydroxyl groups is 1. The number of hydrogen-bond donors (Lipinski definition) is 1. The molecule has 2 aromatic rings. The van der Waals surface area contributed by atoms with Crippen molar-refractivity contribution in [1.82, 2.24) is 4.90 Å². The Morgan fingerprint density at radius 2 is 1.73 bits per heavy atom. The number of β-amino-alcohol motifs (C(OH)–C–C–N with tert-alkyl or cyclic N) is 1. The van der Waals surface area contributed by atoms with Crippen molar-refractivity contribution in [2.75, 3.05) is 39.5 Å². The Morgan fingerprint density at radius 1 is 1.07 bits per heavy atom. The molecule has 0 saturated carbocycles. The molecule has 164 valence electrons. The number of ether oxygens (including phenoxy) is 2. The van der Waals surface area contributed by atoms with Crippen molar-refractivity contribution >= 4 is 15.9 Å². The van der Waals surface area contributed by atoms with E-state index in [4.69, 9.17) is 9.47 Å². The van der Waals surface area contributed by atoms with Crippen molar-refractivity contribution in [2.24, 2.45) is 5.92 Å². The summed E-state index contributed by atoms with van der Waals surface area (Å²) in [6, 6.07) is 12.8. The molecule has 1 atom stereocenters. The van der Waals surface area contributed by atoms with E-state index in [1.54, 1.807) is 0 Å². The first-order valence-corrected chi connectivity index (χ1v) is 11.1. The standard InChI is InChI=1S/C23H28BrF2NO3/c24-19-13-21(25)23(22(26)14-19)30-11-10-29-16-20(28)15-27-8-6-18(7-9-27)12-17-4-2-1-3-5-17/h1-5,13-14,18,20,28H,6-12,15-16H2. The minimum atomic E-state index is -0.766. The molecule has 1 saturated heterocycles. The van der Waals surface area contributed by atoms with Gasteiger partial charge in [0.2, 0.25) is 0 Å². The van der Waals surface area contributed by atoms with Crippen molar-refractivity contribution < 1.29 is 23.4 Å². The number of nitrogens with zero attached hydrogens (tertiary/aromatic N) is 1. The smallest absolute Gasteiger partial charge is 0.190 e. The molecule has 0 aromatic heterocycles. The summed E-state index contributed by atoms with van der Waals surface area (Å²) in [4.78, 5) is 2.26. The van der Waals surface area contributed by atoms with E-state index in [9.17, 15) is 13.9 Å². The maximum atomic E-state index is 13.7. The summed E-state index contributed by atoms with van der Waals surface area (Å²) in [6.07, 6.45) is 2.76. The van der Waals surface area contributed by atoms with E-state index in [-0.39, 0.29) is 19.8 Å². The fraction of sp³-hybridized carbons (Fsp3) is 0.478. The van der Waals surface area contributed by atoms with Crippen LogP contribution in [0.15, 0.2) is 46.9 Å². The number of halogens is 3. The number of piperidine rings is 1. The average Bonchev–Trinajstić information content (AvgIpc) is 2.71. The SMILES string of the molecule is OC(COCCOc1c(F)cc(Br)cc1F)CN1CCC(Cc2ccccc2)CC1. The molecule has 0 bridgehead atoms. The van der Waals surface area contributed by atoms with Gasteiger partial charge in [0.05, 0.1) is 19.3 Å². The van der Waals surface area contributed by atoms with Gasteiger partial charge < -0.3 is 19.5 Å². The Hall–Kier alpha value is -1.54. The Labute approximate surface area is 184 Å². The maximum Gasteiger partial charge on any atom is 0.190 e. The van der Waals surface area contributed by atoms with Crippen molar-refractivity contribution in [3.8, 4) is 5.75 Å². The van der Waals surface area contributed by atoms with E-state index in [0.717, 1.165) is 44.5 Å². The third kappa shape index (κ3) is 7.30. The summed E-state index contributed by atoms with van der Waals surface area (Å²) in [7, 11) is 0. The Morgan fingerprint density at radius 3 is 2.40 bits per heavy atom. The lowest BCUT2D eigenvalue weighted by Gasteiger charge is -2.33. The highest BCUT2D eigenvalue weighted by molar-refractivity contribution is 9.10. The van der Waals surface area contributed by atoms with Crippen LogP contribution < -0.4 is 4.74 Å². The van der Waals surface area contributed by atoms with Crippen LogP contribution in [0.1, 0.15) is 18.4 Å². The van der Waals surface area contributed by atoms with Crippen LogP contribution in [0.2, 0.25) is 0 Å². The second-order valence-corrected chi connectivity index (χ2v) is 8.63. The van der Waals surface area contributed by atoms with Gasteiger partial charge in [0.25, 0.3) is 0 Å². The van der Waals surface area contributed by atoms with Gasteiger partial charge in [-0.1, -0.05) is 46.3 Å². The van der Waals surface area contributed by atoms with Gasteiger partial charge in [0.15, 0.2) is 17.4 Å². The van der Waals surface area contributed by atoms with Crippen LogP contribution in [0.4, 0.5) is 8.78 Å². The normalized spacial score (nSPS) is 16.5. The van der Waals surface area contributed by atoms with E-state index >= 15 is 0 Å². The van der Waals surface area contributed by atoms with Gasteiger partial charge in [-0.3, -0.25) is 0 Å². The highest BCUT2D eigenvalue weighted by Gasteiger charge is 2.21. The lowest BCUT2D eigenvalue weighted by Crippen LogP contribution is -2.40. The molecule has 3 rings (SSSR count). The third-order valence-electron chi connectivity index (χ3n) is 5.29. The summed E-state index contributed by atoms with van der Waals surface area (Å²) >= 11 is 3.02. The summed E-state index contributed by atoms with van der Waals surface area (Å²) in [5.41, 5.74) is 1.38. The van der Waals surface area contributed by atoms with Crippen LogP contribution in [0.5, 0.6) is 5.75 Å². The predicted octanol–water partition coefficient (Wildman–Crippen LogP) is 4.44. The first-order valence-electron chi connectivity index (χ1n) is 10.3. The zero-order valence-corrected chi connectivity index (χ0v) is 18.5. The van der Waals surface area contributed by atoms with Crippen LogP contribution in [0.3, 0.4) is 0 Å². The van der Waals surface area contributed by atoms with Crippen LogP contribution in [-0.4, -0.2) is 55.6 Å². The second kappa shape index (κ2) is 11.7. The van der Waals surface area contributed by atoms with Crippen molar-refractivity contribution in [2.45, 2.75) is 25.4 Å². The number of aliphatic hydroxyl groups excluding tert-OH is 1. The molecule has 1 unspecified atom stereocenters. The molecule has 7 heteroatoms. The molecule has 1 N–H and O–H groups in total. The number of benzene rings is 2. The molecular formula is C23H28BrF2NO3. The lowest BCUT2D eigenvalue weighted by atomic mass is 9.90. The van der Waals surface area contributed by atoms with E-state index in [1.807, 2.05) is 6.07 Å². The van der Waals surface area contributed by atoms with Crippen molar-refractivity contribution in [3.63, 3.8) is 0 Å². The van der Waals surface area contributed by atoms with Crippen molar-refractivity contribution in [1.29, 1.82) is 0 Å². The van der Waals surface area contributed by atoms with Gasteiger partial charge in [-0.15, -0.1) is 0 Å². The second-order valence-electron chi connectivity index (χ2n) is 7.71. The van der Waals surface area contributed by atoms with E-state index < -0.39 is 23.5 Å². The Bertz CT molecular complexity index is 762. The predicted molar refractivity (Wildman–Crippen MR) is 116 cm³/mol. The molecule has 0 radical (unpaired) electrons. The first-order chi connectivity index (χ1) is 14.5. The van der Waals surface area contributed by atoms with Crippen molar-refractivity contribution in [3.05, 3.63) is 64.1 Å². The monoisotopic (exact) mass is 483 g/mol. The van der Waals surface area contributed by atoms with Crippen LogP contribution >= 0.6 is 15.9 Å². The molecule has 1 heterocycles. The third-order valence-corrected chi connectivity index (χ3v) is 5.75. The molecule has 1 fully saturated rings. The maximum absolute atomic E-state index is 13.7. The zero-order valence-electron chi connectivity index (χ0n) is 16.9. The topological polar surface area (TPSA) is 41.9 Å². The average molecular weight is 484 g/mol. The number of rotatable bonds is 10. The molecular weight excluding hydrogens is 456 g/mol. The first kappa shape index (κ1) is 23.1. The molecule has 30 heavy (non-hydrogen) atoms. The van der Waals surface area contributed by atoms with E-state index in [1.165, 1.54) is 5.56 Å². The van der Waals surface area contributed by atoms with Gasteiger partial charge in [0, 0.05) is 11.0 Å². The molecule has 1 aliphatic heterocycles. The molecule has 0 aliphatic carbocycles. The number of hydrogen-bond acceptors (Lipinski definition) is 4. The fourth-order valence-electron chi connectivity index (χ4n) is 3.76. The van der Waals surface area contributed by atoms with Crippen LogP contribution in [0.25, 0.3) is 0 Å². The molecule has 1 aliphatic rings. The molecule has 0 amide bonds. The van der Waals surface area contributed by atoms with Gasteiger partial charge in [-0.25, -0.2) is 8.78 Å². The summed E-state index contributed by atoms with van der Waals surface area (Å²) in [6.45, 7) is 2.82. The zero-order chi connectivity index (χ0) is 21.3. The summed E-state index contributed by atoms with van der Waals surface area (Å²) in [5, 5.41) is 10.2. The molecule has 2 aromatic carbocycles. The van der Waals surface area contributed by atoms with Gasteiger partial charge in [-0.05, 0) is 56.0 Å². The largest absolute Gasteiger partial charge is 0.485 e. The highest BCUT2D eigenvalue weighted by Crippen LogP contribution is 2.26. The molecule has 4 nitrogen and oxygen atoms in total. The minimum Gasteiger partial charge on any atom is -0.485 e. The Kier molecular flexibility index (Phi) is 9.05. The van der Waals surface area contributed by atoms with Gasteiger partial charge in [-0.2, -0.15) is 0 Å². The quantitative estimate of drug-likeness (QED) is 0.507. The molecule has 0 spiro atoms. The minimum absolute atomic E-state index is 0.00702. The summed E-state index contributed by atoms with van der Waals surface area (Å²) in [5.74, 6) is -1.26. The lowest BCUT2D eigenvalue weighted by molar-refractivity contribution is 0.00235. The fourth-order valence-corrected chi connectivity index (χ4v) is 4.16. The van der Waals surface area contributed by atoms with Crippen LogP contribution in [0, 0.1) is 17.6 Å². The van der Waals surface area contributed by atoms with Crippen LogP contribution in [-0.2, 0) is 11.2 Å². The summed E-state index contributed by atoms with van der Waals surface area (Å²) < 4.78 is 38.2. The number of likely N-dealkylation sites (tertiary alicyclic amines) is 1. The van der Waals surface area contributed by atoms with Gasteiger partial charge in [0.1, 0.15) is 6.61 Å². The van der Waals surface area contributed by atoms with E-state index in [0.29, 0.717) is 16.9 Å². The highest BCUT2D eigenvalue weighted by atomic mass is 79.9. The van der Waals surface area contributed by atoms with E-state index in [2.05, 4.69) is 45.1 Å². The Balaban J connectivity index is 1.28. The van der Waals surface area contributed by atoms with Gasteiger partial charge >= 0.3 is 0 Å².